The highest BCUT2D eigenvalue weighted by atomic mass is 16.5. The van der Waals surface area contributed by atoms with Crippen molar-refractivity contribution in [2.24, 2.45) is 0 Å². The molecule has 1 amide bonds. The first-order valence-electron chi connectivity index (χ1n) is 8.13. The number of fused-ring (bicyclic) bond motifs is 1. The molecular weight excluding hydrogens is 332 g/mol. The molecule has 0 saturated heterocycles. The Morgan fingerprint density at radius 3 is 2.42 bits per heavy atom. The minimum atomic E-state index is -0.998. The summed E-state index contributed by atoms with van der Waals surface area (Å²) in [6.07, 6.45) is -0.998. The van der Waals surface area contributed by atoms with Gasteiger partial charge in [0.1, 0.15) is 5.69 Å². The molecule has 6 nitrogen and oxygen atoms in total. The topological polar surface area (TPSA) is 79.5 Å². The van der Waals surface area contributed by atoms with Crippen molar-refractivity contribution in [2.45, 2.75) is 13.0 Å². The lowest BCUT2D eigenvalue weighted by Gasteiger charge is -2.21. The van der Waals surface area contributed by atoms with E-state index in [1.54, 1.807) is 43.4 Å². The lowest BCUT2D eigenvalue weighted by atomic mass is 10.2. The van der Waals surface area contributed by atoms with E-state index in [0.29, 0.717) is 16.6 Å². The Kier molecular flexibility index (Phi) is 4.84. The molecule has 0 aliphatic carbocycles. The van der Waals surface area contributed by atoms with Crippen LogP contribution < -0.4 is 10.3 Å². The number of likely N-dealkylation sites (N-methyl/N-ethyl adjacent to an activating group) is 1. The number of carbonyl (C=O) groups is 2. The van der Waals surface area contributed by atoms with Gasteiger partial charge in [-0.3, -0.25) is 9.59 Å². The maximum absolute atomic E-state index is 12.5. The fourth-order valence-corrected chi connectivity index (χ4v) is 2.63. The predicted octanol–water partition coefficient (Wildman–Crippen LogP) is 2.74. The monoisotopic (exact) mass is 350 g/mol. The van der Waals surface area contributed by atoms with E-state index in [-0.39, 0.29) is 17.0 Å². The molecule has 3 rings (SSSR count). The standard InChI is InChI=1S/C20H18N2O4/c1-13(19(24)22(2)14-8-4-3-5-9-14)26-20(25)17-12-18(23)15-10-6-7-11-16(15)21-17/h3-13H,1-2H3,(H,21,23)/t13-/m1/s1. The highest BCUT2D eigenvalue weighted by molar-refractivity contribution is 5.98. The van der Waals surface area contributed by atoms with Gasteiger partial charge in [-0.2, -0.15) is 0 Å². The second-order valence-corrected chi connectivity index (χ2v) is 5.87. The molecule has 1 aromatic heterocycles. The first-order chi connectivity index (χ1) is 12.5. The third-order valence-corrected chi connectivity index (χ3v) is 4.06. The second kappa shape index (κ2) is 7.23. The highest BCUT2D eigenvalue weighted by Crippen LogP contribution is 2.14. The van der Waals surface area contributed by atoms with Gasteiger partial charge >= 0.3 is 5.97 Å². The quantitative estimate of drug-likeness (QED) is 0.734. The summed E-state index contributed by atoms with van der Waals surface area (Å²) in [5, 5.41) is 0.483. The van der Waals surface area contributed by atoms with Gasteiger partial charge in [-0.25, -0.2) is 4.79 Å². The molecule has 3 aromatic rings. The summed E-state index contributed by atoms with van der Waals surface area (Å²) in [6, 6.07) is 17.1. The van der Waals surface area contributed by atoms with Gasteiger partial charge in [-0.15, -0.1) is 0 Å². The predicted molar refractivity (Wildman–Crippen MR) is 99.3 cm³/mol. The number of benzene rings is 2. The Morgan fingerprint density at radius 1 is 1.04 bits per heavy atom. The smallest absolute Gasteiger partial charge is 0.355 e. The van der Waals surface area contributed by atoms with E-state index in [1.165, 1.54) is 17.9 Å². The number of para-hydroxylation sites is 2. The van der Waals surface area contributed by atoms with Gasteiger partial charge < -0.3 is 14.6 Å². The maximum Gasteiger partial charge on any atom is 0.355 e. The first kappa shape index (κ1) is 17.4. The number of rotatable bonds is 4. The van der Waals surface area contributed by atoms with Crippen molar-refractivity contribution in [2.75, 3.05) is 11.9 Å². The third kappa shape index (κ3) is 3.49. The maximum atomic E-state index is 12.5. The molecule has 0 bridgehead atoms. The van der Waals surface area contributed by atoms with Gasteiger partial charge in [-0.05, 0) is 31.2 Å². The van der Waals surface area contributed by atoms with Crippen molar-refractivity contribution in [1.29, 1.82) is 0 Å². The summed E-state index contributed by atoms with van der Waals surface area (Å²) in [5.41, 5.74) is 0.953. The number of nitrogens with one attached hydrogen (secondary N) is 1. The molecule has 6 heteroatoms. The molecule has 1 heterocycles. The Bertz CT molecular complexity index is 1010. The molecule has 0 fully saturated rings. The zero-order chi connectivity index (χ0) is 18.7. The molecule has 0 unspecified atom stereocenters. The van der Waals surface area contributed by atoms with E-state index >= 15 is 0 Å². The summed E-state index contributed by atoms with van der Waals surface area (Å²) >= 11 is 0. The number of nitrogens with zero attached hydrogens (tertiary/aromatic N) is 1. The molecule has 0 saturated carbocycles. The molecular formula is C20H18N2O4. The van der Waals surface area contributed by atoms with Crippen LogP contribution in [-0.4, -0.2) is 30.0 Å². The number of esters is 1. The summed E-state index contributed by atoms with van der Waals surface area (Å²) in [4.78, 5) is 41.2. The number of aromatic nitrogens is 1. The average molecular weight is 350 g/mol. The van der Waals surface area contributed by atoms with Crippen LogP contribution in [0.15, 0.2) is 65.5 Å². The lowest BCUT2D eigenvalue weighted by Crippen LogP contribution is -2.37. The summed E-state index contributed by atoms with van der Waals surface area (Å²) in [7, 11) is 1.61. The van der Waals surface area contributed by atoms with Crippen molar-refractivity contribution in [3.63, 3.8) is 0 Å². The highest BCUT2D eigenvalue weighted by Gasteiger charge is 2.23. The Balaban J connectivity index is 1.77. The fraction of sp³-hybridized carbons (Fsp3) is 0.150. The van der Waals surface area contributed by atoms with E-state index in [4.69, 9.17) is 4.74 Å². The van der Waals surface area contributed by atoms with Crippen molar-refractivity contribution in [1.82, 2.24) is 4.98 Å². The Hall–Kier alpha value is -3.41. The minimum Gasteiger partial charge on any atom is -0.448 e. The van der Waals surface area contributed by atoms with E-state index in [1.807, 2.05) is 18.2 Å². The molecule has 2 aromatic carbocycles. The van der Waals surface area contributed by atoms with E-state index < -0.39 is 12.1 Å². The van der Waals surface area contributed by atoms with Gasteiger partial charge in [0.15, 0.2) is 11.5 Å². The van der Waals surface area contributed by atoms with Crippen LogP contribution in [0.3, 0.4) is 0 Å². The van der Waals surface area contributed by atoms with Crippen LogP contribution in [0.4, 0.5) is 5.69 Å². The van der Waals surface area contributed by atoms with E-state index in [0.717, 1.165) is 0 Å². The van der Waals surface area contributed by atoms with Crippen molar-refractivity contribution in [3.8, 4) is 0 Å². The molecule has 0 aliphatic rings. The fourth-order valence-electron chi connectivity index (χ4n) is 2.63. The summed E-state index contributed by atoms with van der Waals surface area (Å²) < 4.78 is 5.24. The van der Waals surface area contributed by atoms with Crippen LogP contribution in [0, 0.1) is 0 Å². The molecule has 0 aliphatic heterocycles. The van der Waals surface area contributed by atoms with Crippen LogP contribution in [0.1, 0.15) is 17.4 Å². The van der Waals surface area contributed by atoms with E-state index in [9.17, 15) is 14.4 Å². The number of hydrogen-bond acceptors (Lipinski definition) is 4. The summed E-state index contributed by atoms with van der Waals surface area (Å²) in [6.45, 7) is 1.50. The Morgan fingerprint density at radius 2 is 1.69 bits per heavy atom. The number of pyridine rings is 1. The third-order valence-electron chi connectivity index (χ3n) is 4.06. The van der Waals surface area contributed by atoms with Crippen molar-refractivity contribution in [3.05, 3.63) is 76.6 Å². The molecule has 1 atom stereocenters. The SMILES string of the molecule is C[C@@H](OC(=O)c1cc(=O)c2ccccc2[nH]1)C(=O)N(C)c1ccccc1. The average Bonchev–Trinajstić information content (AvgIpc) is 2.67. The Labute approximate surface area is 150 Å². The van der Waals surface area contributed by atoms with Crippen LogP contribution in [0.2, 0.25) is 0 Å². The summed E-state index contributed by atoms with van der Waals surface area (Å²) in [5.74, 6) is -1.12. The number of amides is 1. The van der Waals surface area contributed by atoms with Gasteiger partial charge in [0.25, 0.3) is 5.91 Å². The van der Waals surface area contributed by atoms with Crippen LogP contribution in [0.25, 0.3) is 10.9 Å². The van der Waals surface area contributed by atoms with Gasteiger partial charge in [0, 0.05) is 29.7 Å². The number of carbonyl (C=O) groups excluding carboxylic acids is 2. The lowest BCUT2D eigenvalue weighted by molar-refractivity contribution is -0.126. The molecule has 0 spiro atoms. The molecule has 0 radical (unpaired) electrons. The van der Waals surface area contributed by atoms with E-state index in [2.05, 4.69) is 4.98 Å². The second-order valence-electron chi connectivity index (χ2n) is 5.87. The minimum absolute atomic E-state index is 0.00992. The van der Waals surface area contributed by atoms with Gasteiger partial charge in [-0.1, -0.05) is 30.3 Å². The largest absolute Gasteiger partial charge is 0.448 e. The zero-order valence-electron chi connectivity index (χ0n) is 14.4. The first-order valence-corrected chi connectivity index (χ1v) is 8.13. The van der Waals surface area contributed by atoms with Crippen molar-refractivity contribution < 1.29 is 14.3 Å². The van der Waals surface area contributed by atoms with Crippen LogP contribution in [-0.2, 0) is 9.53 Å². The van der Waals surface area contributed by atoms with Gasteiger partial charge in [0.2, 0.25) is 0 Å². The number of ether oxygens (including phenoxy) is 1. The normalized spacial score (nSPS) is 11.8. The number of hydrogen-bond donors (Lipinski definition) is 1. The molecule has 132 valence electrons. The molecule has 1 N–H and O–H groups in total. The number of H-pyrrole nitrogens is 1. The number of anilines is 1. The molecule has 26 heavy (non-hydrogen) atoms. The number of aromatic amines is 1. The van der Waals surface area contributed by atoms with Crippen LogP contribution >= 0.6 is 0 Å². The van der Waals surface area contributed by atoms with Crippen LogP contribution in [0.5, 0.6) is 0 Å². The van der Waals surface area contributed by atoms with Crippen molar-refractivity contribution >= 4 is 28.5 Å². The zero-order valence-corrected chi connectivity index (χ0v) is 14.4. The van der Waals surface area contributed by atoms with Gasteiger partial charge in [0.05, 0.1) is 0 Å².